The van der Waals surface area contributed by atoms with Crippen LogP contribution in [0.4, 0.5) is 0 Å². The zero-order valence-electron chi connectivity index (χ0n) is 16.9. The summed E-state index contributed by atoms with van der Waals surface area (Å²) >= 11 is 6.40. The Balaban J connectivity index is 1.49. The number of hydrogen-bond donors (Lipinski definition) is 4. The van der Waals surface area contributed by atoms with E-state index in [0.717, 1.165) is 29.9 Å². The molecule has 8 heteroatoms. The molecule has 2 heterocycles. The lowest BCUT2D eigenvalue weighted by Crippen LogP contribution is -2.55. The Morgan fingerprint density at radius 1 is 1.00 bits per heavy atom. The van der Waals surface area contributed by atoms with Gasteiger partial charge in [0, 0.05) is 11.4 Å². The molecule has 4 rings (SSSR count). The molecule has 2 aromatic rings. The molecule has 0 saturated carbocycles. The number of aliphatic hydroxyl groups is 4. The van der Waals surface area contributed by atoms with Crippen LogP contribution < -0.4 is 4.74 Å². The van der Waals surface area contributed by atoms with Gasteiger partial charge in [0.05, 0.1) is 19.8 Å². The van der Waals surface area contributed by atoms with E-state index < -0.39 is 37.1 Å². The summed E-state index contributed by atoms with van der Waals surface area (Å²) in [5, 5.41) is 40.5. The van der Waals surface area contributed by atoms with E-state index in [-0.39, 0.29) is 6.10 Å². The van der Waals surface area contributed by atoms with Crippen LogP contribution in [0.5, 0.6) is 5.75 Å². The number of hydrogen-bond acceptors (Lipinski definition) is 7. The molecule has 31 heavy (non-hydrogen) atoms. The van der Waals surface area contributed by atoms with E-state index in [1.54, 1.807) is 12.1 Å². The van der Waals surface area contributed by atoms with Crippen molar-refractivity contribution in [1.82, 2.24) is 0 Å². The van der Waals surface area contributed by atoms with Gasteiger partial charge in [-0.1, -0.05) is 35.9 Å². The van der Waals surface area contributed by atoms with Crippen LogP contribution in [0.25, 0.3) is 0 Å². The molecule has 0 aromatic heterocycles. The summed E-state index contributed by atoms with van der Waals surface area (Å²) in [6.45, 7) is 0.872. The van der Waals surface area contributed by atoms with Gasteiger partial charge in [-0.05, 0) is 41.3 Å². The molecule has 7 nitrogen and oxygen atoms in total. The Labute approximate surface area is 185 Å². The molecule has 2 saturated heterocycles. The van der Waals surface area contributed by atoms with Gasteiger partial charge in [0.2, 0.25) is 0 Å². The maximum Gasteiger partial charge on any atom is 0.124 e. The van der Waals surface area contributed by atoms with Crippen LogP contribution >= 0.6 is 11.6 Å². The first-order chi connectivity index (χ1) is 15.0. The van der Waals surface area contributed by atoms with Gasteiger partial charge in [-0.2, -0.15) is 0 Å². The molecule has 2 fully saturated rings. The van der Waals surface area contributed by atoms with Crippen LogP contribution in [0, 0.1) is 0 Å². The number of ether oxygens (including phenoxy) is 3. The average Bonchev–Trinajstić information content (AvgIpc) is 3.28. The molecule has 2 aliphatic rings. The van der Waals surface area contributed by atoms with Crippen molar-refractivity contribution >= 4 is 11.6 Å². The molecule has 2 aromatic carbocycles. The van der Waals surface area contributed by atoms with E-state index in [2.05, 4.69) is 0 Å². The molecule has 0 spiro atoms. The minimum absolute atomic E-state index is 0.0931. The summed E-state index contributed by atoms with van der Waals surface area (Å²) in [5.74, 6) is 0.792. The predicted molar refractivity (Wildman–Crippen MR) is 113 cm³/mol. The smallest absolute Gasteiger partial charge is 0.124 e. The van der Waals surface area contributed by atoms with E-state index >= 15 is 0 Å². The predicted octanol–water partition coefficient (Wildman–Crippen LogP) is 1.61. The zero-order valence-corrected chi connectivity index (χ0v) is 17.7. The molecule has 0 bridgehead atoms. The molecule has 0 aliphatic carbocycles. The Kier molecular flexibility index (Phi) is 7.13. The number of rotatable bonds is 6. The van der Waals surface area contributed by atoms with Gasteiger partial charge >= 0.3 is 0 Å². The van der Waals surface area contributed by atoms with Crippen molar-refractivity contribution in [2.45, 2.75) is 49.5 Å². The van der Waals surface area contributed by atoms with Gasteiger partial charge < -0.3 is 34.6 Å². The maximum atomic E-state index is 10.4. The van der Waals surface area contributed by atoms with Crippen molar-refractivity contribution in [3.05, 3.63) is 64.2 Å². The van der Waals surface area contributed by atoms with Gasteiger partial charge in [0.25, 0.3) is 0 Å². The molecule has 0 amide bonds. The van der Waals surface area contributed by atoms with E-state index in [1.165, 1.54) is 0 Å². The monoisotopic (exact) mass is 450 g/mol. The summed E-state index contributed by atoms with van der Waals surface area (Å²) in [4.78, 5) is 0. The second-order valence-corrected chi connectivity index (χ2v) is 8.43. The van der Waals surface area contributed by atoms with Crippen molar-refractivity contribution in [3.63, 3.8) is 0 Å². The molecule has 168 valence electrons. The Morgan fingerprint density at radius 2 is 1.77 bits per heavy atom. The lowest BCUT2D eigenvalue weighted by Gasteiger charge is -2.40. The highest BCUT2D eigenvalue weighted by molar-refractivity contribution is 6.31. The second-order valence-electron chi connectivity index (χ2n) is 8.02. The van der Waals surface area contributed by atoms with E-state index in [9.17, 15) is 20.4 Å². The standard InChI is InChI=1S/C23H27ClO7/c24-18-6-3-14(23-22(28)21(27)20(26)19(11-25)31-23)10-15(18)9-13-1-4-16(5-2-13)30-17-7-8-29-12-17/h1-6,10,17,19-23,25-28H,7-9,11-12H2/t17-,19?,20+,21-,22+,23?/m0/s1. The first-order valence-corrected chi connectivity index (χ1v) is 10.8. The van der Waals surface area contributed by atoms with Crippen LogP contribution in [0.2, 0.25) is 5.02 Å². The highest BCUT2D eigenvalue weighted by atomic mass is 35.5. The van der Waals surface area contributed by atoms with Crippen LogP contribution in [-0.4, -0.2) is 70.8 Å². The first kappa shape index (κ1) is 22.5. The third-order valence-electron chi connectivity index (χ3n) is 5.80. The second kappa shape index (κ2) is 9.83. The van der Waals surface area contributed by atoms with Crippen molar-refractivity contribution in [2.24, 2.45) is 0 Å². The lowest BCUT2D eigenvalue weighted by molar-refractivity contribution is -0.231. The molecule has 4 N–H and O–H groups in total. The van der Waals surface area contributed by atoms with Crippen molar-refractivity contribution in [2.75, 3.05) is 19.8 Å². The average molecular weight is 451 g/mol. The van der Waals surface area contributed by atoms with Crippen LogP contribution in [-0.2, 0) is 15.9 Å². The van der Waals surface area contributed by atoms with Crippen LogP contribution in [0.1, 0.15) is 29.2 Å². The lowest BCUT2D eigenvalue weighted by atomic mass is 9.90. The SMILES string of the molecule is OCC1OC(c2ccc(Cl)c(Cc3ccc(O[C@H]4CCOC4)cc3)c2)[C@H](O)[C@@H](O)[C@@H]1O. The largest absolute Gasteiger partial charge is 0.488 e. The van der Waals surface area contributed by atoms with Gasteiger partial charge in [0.15, 0.2) is 0 Å². The van der Waals surface area contributed by atoms with Gasteiger partial charge in [-0.25, -0.2) is 0 Å². The molecule has 2 aliphatic heterocycles. The number of halogens is 1. The normalized spacial score (nSPS) is 31.0. The first-order valence-electron chi connectivity index (χ1n) is 10.4. The molecule has 6 atom stereocenters. The summed E-state index contributed by atoms with van der Waals surface area (Å²) in [6.07, 6.45) is -4.46. The summed E-state index contributed by atoms with van der Waals surface area (Å²) < 4.78 is 16.9. The van der Waals surface area contributed by atoms with Gasteiger partial charge in [-0.3, -0.25) is 0 Å². The number of aliphatic hydroxyl groups excluding tert-OH is 4. The highest BCUT2D eigenvalue weighted by Gasteiger charge is 2.44. The van der Waals surface area contributed by atoms with Crippen molar-refractivity contribution in [1.29, 1.82) is 0 Å². The number of benzene rings is 2. The molecular formula is C23H27ClO7. The topological polar surface area (TPSA) is 109 Å². The highest BCUT2D eigenvalue weighted by Crippen LogP contribution is 2.34. The summed E-state index contributed by atoms with van der Waals surface area (Å²) in [7, 11) is 0. The van der Waals surface area contributed by atoms with Gasteiger partial charge in [-0.15, -0.1) is 0 Å². The van der Waals surface area contributed by atoms with Crippen molar-refractivity contribution < 1.29 is 34.6 Å². The van der Waals surface area contributed by atoms with E-state index in [0.29, 0.717) is 23.6 Å². The van der Waals surface area contributed by atoms with Crippen LogP contribution in [0.3, 0.4) is 0 Å². The van der Waals surface area contributed by atoms with Crippen LogP contribution in [0.15, 0.2) is 42.5 Å². The fraction of sp³-hybridized carbons (Fsp3) is 0.478. The van der Waals surface area contributed by atoms with Gasteiger partial charge in [0.1, 0.15) is 42.4 Å². The fourth-order valence-corrected chi connectivity index (χ4v) is 4.17. The zero-order chi connectivity index (χ0) is 22.0. The van der Waals surface area contributed by atoms with Crippen molar-refractivity contribution in [3.8, 4) is 5.75 Å². The third-order valence-corrected chi connectivity index (χ3v) is 6.17. The minimum atomic E-state index is -1.42. The molecule has 0 radical (unpaired) electrons. The van der Waals surface area contributed by atoms with E-state index in [1.807, 2.05) is 30.3 Å². The Morgan fingerprint density at radius 3 is 2.45 bits per heavy atom. The molecule has 2 unspecified atom stereocenters. The quantitative estimate of drug-likeness (QED) is 0.529. The summed E-state index contributed by atoms with van der Waals surface area (Å²) in [5.41, 5.74) is 2.47. The summed E-state index contributed by atoms with van der Waals surface area (Å²) in [6, 6.07) is 13.0. The minimum Gasteiger partial charge on any atom is -0.488 e. The Bertz CT molecular complexity index is 867. The van der Waals surface area contributed by atoms with E-state index in [4.69, 9.17) is 25.8 Å². The maximum absolute atomic E-state index is 10.4. The fourth-order valence-electron chi connectivity index (χ4n) is 3.99. The third kappa shape index (κ3) is 5.04. The molecular weight excluding hydrogens is 424 g/mol. The Hall–Kier alpha value is -1.71.